The van der Waals surface area contributed by atoms with Gasteiger partial charge in [-0.05, 0) is 67.9 Å². The van der Waals surface area contributed by atoms with Crippen molar-refractivity contribution in [3.8, 4) is 5.75 Å². The number of unbranched alkanes of at least 4 members (excludes halogenated alkanes) is 3. The van der Waals surface area contributed by atoms with E-state index in [1.165, 1.54) is 63.4 Å². The van der Waals surface area contributed by atoms with Crippen LogP contribution in [0.3, 0.4) is 0 Å². The zero-order valence-corrected chi connectivity index (χ0v) is 23.6. The van der Waals surface area contributed by atoms with Gasteiger partial charge in [0.25, 0.3) is 0 Å². The molecule has 3 nitrogen and oxygen atoms in total. The Labute approximate surface area is 201 Å². The van der Waals surface area contributed by atoms with Gasteiger partial charge in [0.1, 0.15) is 5.75 Å². The van der Waals surface area contributed by atoms with E-state index in [1.807, 2.05) is 13.1 Å². The fraction of sp³-hybridized carbons (Fsp3) is 0.786. The van der Waals surface area contributed by atoms with E-state index >= 15 is 0 Å². The molecule has 0 fully saturated rings. The van der Waals surface area contributed by atoms with E-state index in [9.17, 15) is 4.80 Å². The van der Waals surface area contributed by atoms with Crippen molar-refractivity contribution in [1.82, 2.24) is 5.06 Å². The smallest absolute Gasteiger partial charge is 0.188 e. The first kappa shape index (κ1) is 29.2. The Kier molecular flexibility index (Phi) is 12.6. The van der Waals surface area contributed by atoms with Crippen molar-refractivity contribution in [1.29, 1.82) is 0 Å². The molecule has 0 aliphatic rings. The van der Waals surface area contributed by atoms with Crippen LogP contribution >= 0.6 is 0 Å². The molecule has 1 aromatic rings. The van der Waals surface area contributed by atoms with Crippen LogP contribution in [0, 0.1) is 0 Å². The number of nitrogens with zero attached hydrogens (tertiary/aromatic N) is 1. The molecule has 0 saturated heterocycles. The molecular weight excluding hydrogens is 410 g/mol. The van der Waals surface area contributed by atoms with Crippen molar-refractivity contribution in [2.45, 2.75) is 136 Å². The first-order chi connectivity index (χ1) is 15.0. The van der Waals surface area contributed by atoms with Gasteiger partial charge in [-0.1, -0.05) is 92.2 Å². The Bertz CT molecular complexity index is 613. The van der Waals surface area contributed by atoms with Gasteiger partial charge in [0.15, 0.2) is 8.32 Å². The van der Waals surface area contributed by atoms with Crippen LogP contribution in [-0.2, 0) is 6.42 Å². The lowest BCUT2D eigenvalue weighted by molar-refractivity contribution is -0.158. The maximum atomic E-state index is 10.7. The van der Waals surface area contributed by atoms with Crippen LogP contribution in [0.4, 0.5) is 0 Å². The number of hydrogen-bond acceptors (Lipinski definition) is 3. The van der Waals surface area contributed by atoms with E-state index in [0.29, 0.717) is 0 Å². The second kappa shape index (κ2) is 13.8. The van der Waals surface area contributed by atoms with Crippen molar-refractivity contribution < 1.29 is 9.63 Å². The minimum atomic E-state index is -2.22. The summed E-state index contributed by atoms with van der Waals surface area (Å²) in [6.45, 7) is 18.6. The largest absolute Gasteiger partial charge is 0.432 e. The van der Waals surface area contributed by atoms with E-state index in [4.69, 9.17) is 4.84 Å². The monoisotopic (exact) mass is 463 g/mol. The van der Waals surface area contributed by atoms with Crippen LogP contribution in [-0.4, -0.2) is 30.3 Å². The maximum absolute atomic E-state index is 10.7. The fourth-order valence-electron chi connectivity index (χ4n) is 4.43. The second-order valence-electron chi connectivity index (χ2n) is 11.0. The molecule has 4 heteroatoms. The van der Waals surface area contributed by atoms with Crippen molar-refractivity contribution >= 4 is 8.32 Å². The first-order valence-corrected chi connectivity index (χ1v) is 16.3. The van der Waals surface area contributed by atoms with Crippen LogP contribution in [0.2, 0.25) is 18.1 Å². The molecule has 0 bridgehead atoms. The number of hydroxylamine groups is 2. The number of benzene rings is 1. The average molecular weight is 464 g/mol. The van der Waals surface area contributed by atoms with Gasteiger partial charge in [0.2, 0.25) is 0 Å². The van der Waals surface area contributed by atoms with Crippen LogP contribution in [0.25, 0.3) is 0 Å². The van der Waals surface area contributed by atoms with Crippen LogP contribution in [0.15, 0.2) is 24.3 Å². The lowest BCUT2D eigenvalue weighted by Crippen LogP contribution is -2.51. The van der Waals surface area contributed by atoms with Gasteiger partial charge >= 0.3 is 0 Å². The third-order valence-corrected chi connectivity index (χ3v) is 10.9. The Hall–Kier alpha value is -0.843. The normalized spacial score (nSPS) is 13.1. The summed E-state index contributed by atoms with van der Waals surface area (Å²) in [4.78, 5) is 17.3. The Morgan fingerprint density at radius 2 is 1.34 bits per heavy atom. The fourth-order valence-corrected chi connectivity index (χ4v) is 5.07. The molecule has 0 amide bonds. The predicted molar refractivity (Wildman–Crippen MR) is 143 cm³/mol. The quantitative estimate of drug-likeness (QED) is 0.185. The third kappa shape index (κ3) is 8.83. The van der Waals surface area contributed by atoms with Crippen LogP contribution in [0.5, 0.6) is 5.75 Å². The average Bonchev–Trinajstić information content (AvgIpc) is 2.73. The van der Waals surface area contributed by atoms with Crippen molar-refractivity contribution in [2.75, 3.05) is 6.54 Å². The zero-order valence-electron chi connectivity index (χ0n) is 22.6. The first-order valence-electron chi connectivity index (χ1n) is 13.3. The summed E-state index contributed by atoms with van der Waals surface area (Å²) in [5.74, 6) is 0.941. The van der Waals surface area contributed by atoms with Gasteiger partial charge in [-0.3, -0.25) is 0 Å². The minimum absolute atomic E-state index is 0.0564. The molecule has 32 heavy (non-hydrogen) atoms. The highest BCUT2D eigenvalue weighted by atomic mass is 28.4. The van der Waals surface area contributed by atoms with Gasteiger partial charge in [-0.2, -0.15) is 0 Å². The minimum Gasteiger partial charge on any atom is -0.432 e. The molecule has 0 unspecified atom stereocenters. The van der Waals surface area contributed by atoms with E-state index in [0.717, 1.165) is 25.1 Å². The molecule has 0 atom stereocenters. The summed E-state index contributed by atoms with van der Waals surface area (Å²) in [6.07, 6.45) is 13.0. The highest BCUT2D eigenvalue weighted by Crippen LogP contribution is 2.39. The molecule has 1 rings (SSSR count). The molecule has 0 aliphatic carbocycles. The molecule has 0 saturated carbocycles. The highest BCUT2D eigenvalue weighted by Gasteiger charge is 2.38. The summed E-state index contributed by atoms with van der Waals surface area (Å²) in [7, 11) is -2.22. The SMILES string of the molecule is CCCCN(Oc1ccc(CC(C)(C)[Si](C)(C)O)cc1)C(CCC)(CCCC)CCCC. The highest BCUT2D eigenvalue weighted by molar-refractivity contribution is 6.72. The maximum Gasteiger partial charge on any atom is 0.188 e. The van der Waals surface area contributed by atoms with Crippen LogP contribution in [0.1, 0.15) is 111 Å². The summed E-state index contributed by atoms with van der Waals surface area (Å²) < 4.78 is 0. The molecule has 0 spiro atoms. The van der Waals surface area contributed by atoms with E-state index in [2.05, 4.69) is 70.9 Å². The van der Waals surface area contributed by atoms with Gasteiger partial charge in [-0.25, -0.2) is 0 Å². The summed E-state index contributed by atoms with van der Waals surface area (Å²) in [5.41, 5.74) is 1.40. The summed E-state index contributed by atoms with van der Waals surface area (Å²) in [5, 5.41) is 2.31. The van der Waals surface area contributed by atoms with E-state index in [-0.39, 0.29) is 10.6 Å². The molecular formula is C28H53NO2Si. The summed E-state index contributed by atoms with van der Waals surface area (Å²) >= 11 is 0. The van der Waals surface area contributed by atoms with Crippen molar-refractivity contribution in [3.63, 3.8) is 0 Å². The lowest BCUT2D eigenvalue weighted by Gasteiger charge is -2.43. The third-order valence-electron chi connectivity index (χ3n) is 7.39. The van der Waals surface area contributed by atoms with E-state index in [1.54, 1.807) is 0 Å². The van der Waals surface area contributed by atoms with Gasteiger partial charge in [0.05, 0.1) is 5.54 Å². The van der Waals surface area contributed by atoms with Crippen LogP contribution < -0.4 is 4.84 Å². The van der Waals surface area contributed by atoms with Crippen molar-refractivity contribution in [2.24, 2.45) is 0 Å². The zero-order chi connectivity index (χ0) is 24.3. The Balaban J connectivity index is 3.12. The molecule has 0 aromatic heterocycles. The topological polar surface area (TPSA) is 32.7 Å². The molecule has 0 radical (unpaired) electrons. The summed E-state index contributed by atoms with van der Waals surface area (Å²) in [6, 6.07) is 8.64. The van der Waals surface area contributed by atoms with Gasteiger partial charge in [0, 0.05) is 6.54 Å². The Morgan fingerprint density at radius 3 is 1.78 bits per heavy atom. The standard InChI is InChI=1S/C28H53NO2Si/c1-9-13-21-28(20-12-4,22-14-10-2)29(23-15-11-3)31-26-18-16-25(17-19-26)24-27(5,6)32(7,8)30/h16-19,30H,9-15,20-24H2,1-8H3. The molecule has 0 heterocycles. The molecule has 1 aromatic carbocycles. The number of rotatable bonds is 17. The molecule has 186 valence electrons. The molecule has 1 N–H and O–H groups in total. The predicted octanol–water partition coefficient (Wildman–Crippen LogP) is 8.52. The van der Waals surface area contributed by atoms with Gasteiger partial charge < -0.3 is 9.63 Å². The second-order valence-corrected chi connectivity index (χ2v) is 15.5. The Morgan fingerprint density at radius 1 is 0.812 bits per heavy atom. The number of hydrogen-bond donors (Lipinski definition) is 1. The lowest BCUT2D eigenvalue weighted by atomic mass is 9.82. The van der Waals surface area contributed by atoms with E-state index < -0.39 is 8.32 Å². The molecule has 0 aliphatic heterocycles. The van der Waals surface area contributed by atoms with Gasteiger partial charge in [-0.15, -0.1) is 5.06 Å². The van der Waals surface area contributed by atoms with Crippen molar-refractivity contribution in [3.05, 3.63) is 29.8 Å².